The summed E-state index contributed by atoms with van der Waals surface area (Å²) in [6, 6.07) is 5.81. The molecule has 1 atom stereocenters. The Bertz CT molecular complexity index is 504. The Balaban J connectivity index is 2.22. The van der Waals surface area contributed by atoms with E-state index in [1.165, 1.54) is 0 Å². The summed E-state index contributed by atoms with van der Waals surface area (Å²) in [4.78, 5) is 15.2. The molecule has 1 aliphatic heterocycles. The van der Waals surface area contributed by atoms with Gasteiger partial charge in [-0.1, -0.05) is 6.92 Å². The van der Waals surface area contributed by atoms with Crippen LogP contribution in [0.15, 0.2) is 18.2 Å². The smallest absolute Gasteiger partial charge is 0.273 e. The molecule has 0 bridgehead atoms. The zero-order valence-electron chi connectivity index (χ0n) is 13.0. The summed E-state index contributed by atoms with van der Waals surface area (Å²) in [5.41, 5.74) is 1.92. The summed E-state index contributed by atoms with van der Waals surface area (Å²) in [6.45, 7) is 4.76. The van der Waals surface area contributed by atoms with Crippen LogP contribution >= 0.6 is 0 Å². The minimum atomic E-state index is -0.319. The molecule has 1 unspecified atom stereocenters. The summed E-state index contributed by atoms with van der Waals surface area (Å²) in [5.74, 6) is 0. The Labute approximate surface area is 125 Å². The SMILES string of the molecule is CCCNc1cc(N2CCC(N(C)C)C2)cc([N+](=O)[O-])c1. The monoisotopic (exact) mass is 292 g/mol. The molecule has 1 saturated heterocycles. The number of non-ortho nitro benzene ring substituents is 1. The van der Waals surface area contributed by atoms with Gasteiger partial charge in [0.05, 0.1) is 4.92 Å². The first kappa shape index (κ1) is 15.6. The van der Waals surface area contributed by atoms with Crippen LogP contribution in [0, 0.1) is 10.1 Å². The molecule has 0 saturated carbocycles. The molecular weight excluding hydrogens is 268 g/mol. The predicted octanol–water partition coefficient (Wildman–Crippen LogP) is 2.56. The van der Waals surface area contributed by atoms with Gasteiger partial charge in [0, 0.05) is 49.2 Å². The lowest BCUT2D eigenvalue weighted by Crippen LogP contribution is -2.31. The molecule has 116 valence electrons. The summed E-state index contributed by atoms with van der Waals surface area (Å²) in [5, 5.41) is 14.4. The van der Waals surface area contributed by atoms with E-state index in [2.05, 4.69) is 36.1 Å². The van der Waals surface area contributed by atoms with Crippen LogP contribution in [-0.4, -0.2) is 49.6 Å². The maximum absolute atomic E-state index is 11.1. The highest BCUT2D eigenvalue weighted by Gasteiger charge is 2.25. The average molecular weight is 292 g/mol. The quantitative estimate of drug-likeness (QED) is 0.645. The second kappa shape index (κ2) is 6.76. The van der Waals surface area contributed by atoms with E-state index in [0.29, 0.717) is 6.04 Å². The lowest BCUT2D eigenvalue weighted by molar-refractivity contribution is -0.384. The molecule has 0 spiro atoms. The van der Waals surface area contributed by atoms with Crippen LogP contribution in [0.3, 0.4) is 0 Å². The van der Waals surface area contributed by atoms with Gasteiger partial charge in [-0.2, -0.15) is 0 Å². The topological polar surface area (TPSA) is 61.6 Å². The number of benzene rings is 1. The standard InChI is InChI=1S/C15H24N4O2/c1-4-6-16-12-8-14(10-15(9-12)19(20)21)18-7-5-13(11-18)17(2)3/h8-10,13,16H,4-7,11H2,1-3H3. The zero-order chi connectivity index (χ0) is 15.4. The van der Waals surface area contributed by atoms with E-state index in [-0.39, 0.29) is 10.6 Å². The first-order chi connectivity index (χ1) is 10.0. The van der Waals surface area contributed by atoms with Gasteiger partial charge < -0.3 is 15.1 Å². The van der Waals surface area contributed by atoms with Gasteiger partial charge in [0.15, 0.2) is 0 Å². The van der Waals surface area contributed by atoms with Gasteiger partial charge in [0.25, 0.3) is 5.69 Å². The molecule has 0 aliphatic carbocycles. The van der Waals surface area contributed by atoms with Crippen molar-refractivity contribution in [1.29, 1.82) is 0 Å². The van der Waals surface area contributed by atoms with E-state index in [0.717, 1.165) is 43.9 Å². The zero-order valence-corrected chi connectivity index (χ0v) is 13.0. The highest BCUT2D eigenvalue weighted by atomic mass is 16.6. The van der Waals surface area contributed by atoms with Crippen LogP contribution < -0.4 is 10.2 Å². The fourth-order valence-electron chi connectivity index (χ4n) is 2.65. The minimum Gasteiger partial charge on any atom is -0.385 e. The number of likely N-dealkylation sites (N-methyl/N-ethyl adjacent to an activating group) is 1. The number of nitro groups is 1. The second-order valence-electron chi connectivity index (χ2n) is 5.77. The third-order valence-electron chi connectivity index (χ3n) is 3.95. The van der Waals surface area contributed by atoms with E-state index in [9.17, 15) is 10.1 Å². The van der Waals surface area contributed by atoms with Crippen molar-refractivity contribution in [3.8, 4) is 0 Å². The van der Waals surface area contributed by atoms with Crippen molar-refractivity contribution in [2.75, 3.05) is 43.9 Å². The third-order valence-corrected chi connectivity index (χ3v) is 3.95. The van der Waals surface area contributed by atoms with Crippen LogP contribution in [0.2, 0.25) is 0 Å². The van der Waals surface area contributed by atoms with Gasteiger partial charge in [-0.25, -0.2) is 0 Å². The number of anilines is 2. The van der Waals surface area contributed by atoms with Gasteiger partial charge in [0.1, 0.15) is 0 Å². The number of hydrogen-bond donors (Lipinski definition) is 1. The highest BCUT2D eigenvalue weighted by molar-refractivity contribution is 5.65. The first-order valence-electron chi connectivity index (χ1n) is 7.46. The van der Waals surface area contributed by atoms with Crippen molar-refractivity contribution < 1.29 is 4.92 Å². The lowest BCUT2D eigenvalue weighted by Gasteiger charge is -2.22. The predicted molar refractivity (Wildman–Crippen MR) is 86.2 cm³/mol. The van der Waals surface area contributed by atoms with E-state index < -0.39 is 0 Å². The lowest BCUT2D eigenvalue weighted by atomic mass is 10.2. The molecule has 6 heteroatoms. The highest BCUT2D eigenvalue weighted by Crippen LogP contribution is 2.30. The summed E-state index contributed by atoms with van der Waals surface area (Å²) >= 11 is 0. The van der Waals surface area contributed by atoms with Gasteiger partial charge in [-0.15, -0.1) is 0 Å². The molecule has 1 aliphatic rings. The molecule has 1 fully saturated rings. The summed E-state index contributed by atoms with van der Waals surface area (Å²) in [7, 11) is 4.16. The van der Waals surface area contributed by atoms with Crippen molar-refractivity contribution in [1.82, 2.24) is 4.90 Å². The molecule has 6 nitrogen and oxygen atoms in total. The molecule has 2 rings (SSSR count). The number of nitrogens with zero attached hydrogens (tertiary/aromatic N) is 3. The van der Waals surface area contributed by atoms with Crippen molar-refractivity contribution in [2.45, 2.75) is 25.8 Å². The van der Waals surface area contributed by atoms with Crippen LogP contribution in [0.4, 0.5) is 17.1 Å². The van der Waals surface area contributed by atoms with Crippen LogP contribution in [0.1, 0.15) is 19.8 Å². The van der Waals surface area contributed by atoms with Gasteiger partial charge >= 0.3 is 0 Å². The first-order valence-corrected chi connectivity index (χ1v) is 7.46. The van der Waals surface area contributed by atoms with Gasteiger partial charge in [-0.05, 0) is 33.0 Å². The summed E-state index contributed by atoms with van der Waals surface area (Å²) < 4.78 is 0. The number of hydrogen-bond acceptors (Lipinski definition) is 5. The molecule has 0 aromatic heterocycles. The molecular formula is C15H24N4O2. The number of nitrogens with one attached hydrogen (secondary N) is 1. The maximum Gasteiger partial charge on any atom is 0.273 e. The van der Waals surface area contributed by atoms with Crippen LogP contribution in [0.5, 0.6) is 0 Å². The van der Waals surface area contributed by atoms with Crippen molar-refractivity contribution in [3.05, 3.63) is 28.3 Å². The molecule has 0 amide bonds. The number of nitro benzene ring substituents is 1. The molecule has 1 aromatic rings. The van der Waals surface area contributed by atoms with Crippen LogP contribution in [-0.2, 0) is 0 Å². The molecule has 1 heterocycles. The normalized spacial score (nSPS) is 18.3. The maximum atomic E-state index is 11.1. The summed E-state index contributed by atoms with van der Waals surface area (Å²) in [6.07, 6.45) is 2.08. The van der Waals surface area contributed by atoms with E-state index in [1.54, 1.807) is 12.1 Å². The molecule has 21 heavy (non-hydrogen) atoms. The van der Waals surface area contributed by atoms with Crippen molar-refractivity contribution in [3.63, 3.8) is 0 Å². The van der Waals surface area contributed by atoms with Crippen molar-refractivity contribution in [2.24, 2.45) is 0 Å². The Kier molecular flexibility index (Phi) is 5.01. The minimum absolute atomic E-state index is 0.152. The third kappa shape index (κ3) is 3.85. The molecule has 1 aromatic carbocycles. The Hall–Kier alpha value is -1.82. The largest absolute Gasteiger partial charge is 0.385 e. The van der Waals surface area contributed by atoms with Crippen molar-refractivity contribution >= 4 is 17.1 Å². The number of rotatable bonds is 6. The average Bonchev–Trinajstić information content (AvgIpc) is 2.94. The Morgan fingerprint density at radius 2 is 2.19 bits per heavy atom. The Morgan fingerprint density at radius 1 is 1.43 bits per heavy atom. The fraction of sp³-hybridized carbons (Fsp3) is 0.600. The van der Waals surface area contributed by atoms with Gasteiger partial charge in [-0.3, -0.25) is 10.1 Å². The second-order valence-corrected chi connectivity index (χ2v) is 5.77. The molecule has 0 radical (unpaired) electrons. The van der Waals surface area contributed by atoms with E-state index in [1.807, 2.05) is 6.07 Å². The molecule has 1 N–H and O–H groups in total. The Morgan fingerprint density at radius 3 is 2.76 bits per heavy atom. The van der Waals surface area contributed by atoms with E-state index >= 15 is 0 Å². The van der Waals surface area contributed by atoms with Gasteiger partial charge in [0.2, 0.25) is 0 Å². The fourth-order valence-corrected chi connectivity index (χ4v) is 2.65. The van der Waals surface area contributed by atoms with Crippen LogP contribution in [0.25, 0.3) is 0 Å². The van der Waals surface area contributed by atoms with E-state index in [4.69, 9.17) is 0 Å².